The minimum absolute atomic E-state index is 0.0482. The number of hydroxylamine groups is 2. The monoisotopic (exact) mass is 182 g/mol. The fourth-order valence-corrected chi connectivity index (χ4v) is 0.817. The average Bonchev–Trinajstić information content (AvgIpc) is 2.50. The maximum atomic E-state index is 5.55. The quantitative estimate of drug-likeness (QED) is 0.726. The first kappa shape index (κ1) is 10.3. The van der Waals surface area contributed by atoms with Crippen molar-refractivity contribution >= 4 is 0 Å². The number of H-pyrrole nitrogens is 1. The molecule has 1 aromatic heterocycles. The van der Waals surface area contributed by atoms with E-state index in [2.05, 4.69) is 25.8 Å². The lowest BCUT2D eigenvalue weighted by atomic mass is 10.1. The molecule has 1 N–H and O–H groups in total. The lowest BCUT2D eigenvalue weighted by Gasteiger charge is -2.30. The Kier molecular flexibility index (Phi) is 3.12. The summed E-state index contributed by atoms with van der Waals surface area (Å²) in [5, 5.41) is 1.87. The molecule has 0 aliphatic carbocycles. The number of nitrogens with one attached hydrogen (secondary N) is 1. The number of rotatable bonds is 3. The maximum absolute atomic E-state index is 5.55. The molecule has 0 radical (unpaired) electrons. The molecule has 0 atom stereocenters. The van der Waals surface area contributed by atoms with Crippen LogP contribution in [0.4, 0.5) is 0 Å². The van der Waals surface area contributed by atoms with E-state index < -0.39 is 0 Å². The van der Waals surface area contributed by atoms with Crippen LogP contribution < -0.4 is 0 Å². The predicted molar refractivity (Wildman–Crippen MR) is 53.1 cm³/mol. The van der Waals surface area contributed by atoms with Crippen LogP contribution in [0.3, 0.4) is 0 Å². The Bertz CT molecular complexity index is 236. The van der Waals surface area contributed by atoms with Crippen molar-refractivity contribution in [3.05, 3.63) is 24.0 Å². The molecule has 0 aliphatic rings. The molecule has 1 heterocycles. The lowest BCUT2D eigenvalue weighted by Crippen LogP contribution is -2.37. The molecule has 3 heteroatoms. The third-order valence-corrected chi connectivity index (χ3v) is 2.02. The number of aromatic nitrogens is 1. The molecule has 0 fully saturated rings. The maximum Gasteiger partial charge on any atom is 0.108 e. The summed E-state index contributed by atoms with van der Waals surface area (Å²) < 4.78 is 0. The first-order chi connectivity index (χ1) is 6.00. The second-order valence-corrected chi connectivity index (χ2v) is 4.14. The highest BCUT2D eigenvalue weighted by Gasteiger charge is 2.17. The van der Waals surface area contributed by atoms with E-state index in [1.54, 1.807) is 0 Å². The Morgan fingerprint density at radius 1 is 1.46 bits per heavy atom. The molecule has 0 amide bonds. The summed E-state index contributed by atoms with van der Waals surface area (Å²) in [5.41, 5.74) is 1.14. The molecule has 0 aliphatic heterocycles. The van der Waals surface area contributed by atoms with Gasteiger partial charge < -0.3 is 4.98 Å². The molecular weight excluding hydrogens is 164 g/mol. The van der Waals surface area contributed by atoms with E-state index in [9.17, 15) is 0 Å². The van der Waals surface area contributed by atoms with E-state index in [1.165, 1.54) is 0 Å². The average molecular weight is 182 g/mol. The number of nitrogens with zero attached hydrogens (tertiary/aromatic N) is 1. The van der Waals surface area contributed by atoms with Gasteiger partial charge >= 0.3 is 0 Å². The highest BCUT2D eigenvalue weighted by atomic mass is 16.7. The van der Waals surface area contributed by atoms with Gasteiger partial charge in [0.1, 0.15) is 6.61 Å². The van der Waals surface area contributed by atoms with Crippen LogP contribution in [0.15, 0.2) is 18.3 Å². The molecule has 0 aromatic carbocycles. The Balaban J connectivity index is 2.35. The predicted octanol–water partition coefficient (Wildman–Crippen LogP) is 2.18. The van der Waals surface area contributed by atoms with E-state index in [0.29, 0.717) is 6.61 Å². The summed E-state index contributed by atoms with van der Waals surface area (Å²) in [5.74, 6) is 0. The fraction of sp³-hybridized carbons (Fsp3) is 0.600. The van der Waals surface area contributed by atoms with Crippen molar-refractivity contribution in [1.29, 1.82) is 0 Å². The third kappa shape index (κ3) is 3.20. The third-order valence-electron chi connectivity index (χ3n) is 2.02. The molecule has 0 unspecified atom stereocenters. The number of hydrogen-bond acceptors (Lipinski definition) is 2. The van der Waals surface area contributed by atoms with Crippen molar-refractivity contribution in [2.45, 2.75) is 32.9 Å². The van der Waals surface area contributed by atoms with E-state index in [-0.39, 0.29) is 5.54 Å². The second-order valence-electron chi connectivity index (χ2n) is 4.14. The van der Waals surface area contributed by atoms with Crippen LogP contribution in [0, 0.1) is 0 Å². The van der Waals surface area contributed by atoms with Gasteiger partial charge in [0.15, 0.2) is 0 Å². The first-order valence-corrected chi connectivity index (χ1v) is 4.49. The van der Waals surface area contributed by atoms with Gasteiger partial charge in [-0.1, -0.05) is 0 Å². The molecule has 0 saturated heterocycles. The molecule has 1 aromatic rings. The lowest BCUT2D eigenvalue weighted by molar-refractivity contribution is -0.201. The summed E-state index contributed by atoms with van der Waals surface area (Å²) in [6.07, 6.45) is 1.90. The van der Waals surface area contributed by atoms with E-state index in [1.807, 2.05) is 30.4 Å². The van der Waals surface area contributed by atoms with Crippen LogP contribution in [-0.2, 0) is 11.4 Å². The SMILES string of the molecule is CN(OCc1ccc[nH]1)C(C)(C)C. The van der Waals surface area contributed by atoms with Gasteiger partial charge in [-0.05, 0) is 32.9 Å². The highest BCUT2D eigenvalue weighted by Crippen LogP contribution is 2.11. The van der Waals surface area contributed by atoms with Crippen LogP contribution in [-0.4, -0.2) is 22.6 Å². The molecule has 3 nitrogen and oxygen atoms in total. The van der Waals surface area contributed by atoms with Crippen molar-refractivity contribution in [2.24, 2.45) is 0 Å². The number of aromatic amines is 1. The molecule has 0 saturated carbocycles. The zero-order valence-electron chi connectivity index (χ0n) is 8.79. The Hall–Kier alpha value is -0.800. The molecular formula is C10H18N2O. The molecule has 0 spiro atoms. The van der Waals surface area contributed by atoms with Crippen LogP contribution in [0.2, 0.25) is 0 Å². The summed E-state index contributed by atoms with van der Waals surface area (Å²) in [7, 11) is 1.95. The standard InChI is InChI=1S/C10H18N2O/c1-10(2,3)12(4)13-8-9-6-5-7-11-9/h5-7,11H,8H2,1-4H3. The minimum Gasteiger partial charge on any atom is -0.363 e. The van der Waals surface area contributed by atoms with Gasteiger partial charge in [0.25, 0.3) is 0 Å². The summed E-state index contributed by atoms with van der Waals surface area (Å²) in [6.45, 7) is 6.94. The molecule has 13 heavy (non-hydrogen) atoms. The Morgan fingerprint density at radius 3 is 2.62 bits per heavy atom. The second kappa shape index (κ2) is 3.94. The van der Waals surface area contributed by atoms with E-state index in [0.717, 1.165) is 5.69 Å². The van der Waals surface area contributed by atoms with Gasteiger partial charge in [0.05, 0.1) is 0 Å². The Labute approximate surface area is 79.7 Å². The van der Waals surface area contributed by atoms with Crippen molar-refractivity contribution in [3.8, 4) is 0 Å². The van der Waals surface area contributed by atoms with Gasteiger partial charge in [0.2, 0.25) is 0 Å². The summed E-state index contributed by atoms with van der Waals surface area (Å²) >= 11 is 0. The molecule has 0 bridgehead atoms. The van der Waals surface area contributed by atoms with E-state index >= 15 is 0 Å². The summed E-state index contributed by atoms with van der Waals surface area (Å²) in [4.78, 5) is 8.65. The van der Waals surface area contributed by atoms with Crippen LogP contribution >= 0.6 is 0 Å². The topological polar surface area (TPSA) is 28.3 Å². The fourth-order valence-electron chi connectivity index (χ4n) is 0.817. The van der Waals surface area contributed by atoms with Crippen LogP contribution in [0.25, 0.3) is 0 Å². The largest absolute Gasteiger partial charge is 0.363 e. The van der Waals surface area contributed by atoms with Gasteiger partial charge in [-0.3, -0.25) is 4.84 Å². The summed E-state index contributed by atoms with van der Waals surface area (Å²) in [6, 6.07) is 3.98. The Morgan fingerprint density at radius 2 is 2.15 bits per heavy atom. The highest BCUT2D eigenvalue weighted by molar-refractivity contribution is 5.01. The van der Waals surface area contributed by atoms with Crippen molar-refractivity contribution in [1.82, 2.24) is 10.0 Å². The smallest absolute Gasteiger partial charge is 0.108 e. The van der Waals surface area contributed by atoms with Gasteiger partial charge in [-0.2, -0.15) is 5.06 Å². The van der Waals surface area contributed by atoms with Crippen molar-refractivity contribution < 1.29 is 4.84 Å². The number of hydrogen-bond donors (Lipinski definition) is 1. The van der Waals surface area contributed by atoms with Crippen molar-refractivity contribution in [2.75, 3.05) is 7.05 Å². The first-order valence-electron chi connectivity index (χ1n) is 4.49. The van der Waals surface area contributed by atoms with E-state index in [4.69, 9.17) is 4.84 Å². The molecule has 1 rings (SSSR count). The zero-order chi connectivity index (χ0) is 9.90. The van der Waals surface area contributed by atoms with Gasteiger partial charge in [-0.25, -0.2) is 0 Å². The van der Waals surface area contributed by atoms with Crippen molar-refractivity contribution in [3.63, 3.8) is 0 Å². The normalized spacial score (nSPS) is 12.4. The zero-order valence-corrected chi connectivity index (χ0v) is 8.79. The van der Waals surface area contributed by atoms with Crippen LogP contribution in [0.1, 0.15) is 26.5 Å². The van der Waals surface area contributed by atoms with Gasteiger partial charge in [0, 0.05) is 24.5 Å². The van der Waals surface area contributed by atoms with Crippen LogP contribution in [0.5, 0.6) is 0 Å². The van der Waals surface area contributed by atoms with Gasteiger partial charge in [-0.15, -0.1) is 0 Å². The minimum atomic E-state index is 0.0482. The molecule has 74 valence electrons.